The third kappa shape index (κ3) is 16.5. The minimum Gasteiger partial charge on any atom is -0.503 e. The molecule has 0 fully saturated rings. The minimum absolute atomic E-state index is 0. The monoisotopic (exact) mass is 2150 g/mol. The summed E-state index contributed by atoms with van der Waals surface area (Å²) in [5.74, 6) is 2.26. The fraction of sp³-hybridized carbons (Fsp3) is 0.00775. The van der Waals surface area contributed by atoms with E-state index in [1.165, 1.54) is 38.6 Å². The van der Waals surface area contributed by atoms with Crippen molar-refractivity contribution >= 4 is 65.7 Å². The molecule has 1 aliphatic carbocycles. The van der Waals surface area contributed by atoms with Gasteiger partial charge in [-0.1, -0.05) is 358 Å². The second-order valence-corrected chi connectivity index (χ2v) is 34.6. The van der Waals surface area contributed by atoms with E-state index in [9.17, 15) is 0 Å². The van der Waals surface area contributed by atoms with Gasteiger partial charge in [0.1, 0.15) is 0 Å². The Hall–Kier alpha value is -17.1. The van der Waals surface area contributed by atoms with Crippen molar-refractivity contribution in [1.29, 1.82) is 0 Å². The summed E-state index contributed by atoms with van der Waals surface area (Å²) in [6.07, 6.45) is 7.78. The summed E-state index contributed by atoms with van der Waals surface area (Å²) in [7, 11) is 0. The van der Waals surface area contributed by atoms with E-state index >= 15 is 0 Å². The van der Waals surface area contributed by atoms with Crippen molar-refractivity contribution in [1.82, 2.24) is 23.7 Å². The summed E-state index contributed by atoms with van der Waals surface area (Å²) in [6.45, 7) is 0. The van der Waals surface area contributed by atoms with Crippen LogP contribution >= 0.6 is 0 Å². The normalized spacial score (nSPS) is 11.6. The van der Waals surface area contributed by atoms with Crippen LogP contribution in [0.15, 0.2) is 485 Å². The summed E-state index contributed by atoms with van der Waals surface area (Å²) >= 11 is 0. The van der Waals surface area contributed by atoms with Gasteiger partial charge in [-0.25, -0.2) is 0 Å². The molecule has 0 saturated carbocycles. The van der Waals surface area contributed by atoms with Crippen LogP contribution in [0.3, 0.4) is 0 Å². The van der Waals surface area contributed by atoms with E-state index in [4.69, 9.17) is 19.4 Å². The van der Waals surface area contributed by atoms with Gasteiger partial charge < -0.3 is 23.2 Å². The van der Waals surface area contributed by atoms with E-state index in [-0.39, 0.29) is 48.0 Å². The first-order valence-corrected chi connectivity index (χ1v) is 46.4. The van der Waals surface area contributed by atoms with Crippen LogP contribution in [0.4, 0.5) is 0 Å². The molecule has 0 saturated heterocycles. The molecule has 26 rings (SSSR count). The number of para-hydroxylation sites is 10. The second kappa shape index (κ2) is 37.9. The molecule has 0 spiro atoms. The Bertz CT molecular complexity index is 8650. The van der Waals surface area contributed by atoms with E-state index in [0.717, 1.165) is 173 Å². The Morgan fingerprint density at radius 3 is 1.03 bits per heavy atom. The minimum atomic E-state index is -0.0152. The summed E-state index contributed by atoms with van der Waals surface area (Å²) in [4.78, 5) is 9.83. The maximum Gasteiger partial charge on any atom is 0.268 e. The summed E-state index contributed by atoms with van der Waals surface area (Å²) in [5.41, 5.74) is 35.9. The quantitative estimate of drug-likeness (QED) is 0.0634. The number of aromatic nitrogens is 7. The smallest absolute Gasteiger partial charge is 0.268 e. The number of nitrogens with zero attached hydrogens (tertiary/aromatic N) is 7. The predicted molar refractivity (Wildman–Crippen MR) is 557 cm³/mol. The van der Waals surface area contributed by atoms with Gasteiger partial charge in [0.15, 0.2) is 0 Å². The van der Waals surface area contributed by atoms with Gasteiger partial charge in [0.05, 0.1) is 61.2 Å². The Morgan fingerprint density at radius 1 is 0.243 bits per heavy atom. The molecular weight excluding hydrogens is 2070 g/mol. The van der Waals surface area contributed by atoms with Gasteiger partial charge in [-0.05, 0) is 195 Å². The van der Waals surface area contributed by atoms with Crippen LogP contribution in [-0.4, -0.2) is 23.7 Å². The summed E-state index contributed by atoms with van der Waals surface area (Å²) in [5, 5.41) is 4.62. The maximum absolute atomic E-state index is 6.57. The molecule has 0 amide bonds. The maximum atomic E-state index is 6.57. The number of fused-ring (bicyclic) bond motifs is 10. The topological polar surface area (TPSA) is 66.8 Å². The first-order chi connectivity index (χ1) is 68.4. The summed E-state index contributed by atoms with van der Waals surface area (Å²) in [6, 6.07) is 185. The summed E-state index contributed by atoms with van der Waals surface area (Å²) < 4.78 is 24.2. The molecule has 1 aliphatic rings. The molecule has 668 valence electrons. The molecule has 0 aliphatic heterocycles. The number of rotatable bonds is 18. The molecule has 20 aromatic carbocycles. The van der Waals surface area contributed by atoms with Crippen LogP contribution in [0.5, 0.6) is 23.0 Å². The molecule has 9 nitrogen and oxygen atoms in total. The molecule has 0 radical (unpaired) electrons. The Morgan fingerprint density at radius 2 is 0.579 bits per heavy atom. The SMILES string of the molecule is [Pt].[Pt].[c-]1c(Oc2[c-]c(-n3[c-][n+](-c4c(-c5cc(-c6ccccc6)cc(-c6ccccc6)c5)cccc4-c4cc(-c5ccccc5)cc(-c5ccccc5)c4)c4ccccc43)ccc2)cccc1-c1ccc2ccccc2n1.[c-]1c(Oc2[c-]c(-n3[c-][n+](-c4c(C5c6ccccc6-c6ccccc65)cccc4-n4c5ccccc5c5ccccc54)c4ccccc43)ccc2)cccc1-c1ccc2ccccc2n1. The van der Waals surface area contributed by atoms with E-state index in [1.54, 1.807) is 0 Å². The molecular formula is C129H81N7O2Pt2-4. The van der Waals surface area contributed by atoms with E-state index in [0.29, 0.717) is 23.0 Å². The first-order valence-electron chi connectivity index (χ1n) is 46.4. The van der Waals surface area contributed by atoms with Gasteiger partial charge in [-0.2, -0.15) is 24.3 Å². The first kappa shape index (κ1) is 87.0. The van der Waals surface area contributed by atoms with Crippen LogP contribution in [0.25, 0.3) is 195 Å². The average molecular weight is 2150 g/mol. The molecule has 11 heteroatoms. The number of ether oxygens (including phenoxy) is 2. The zero-order valence-corrected chi connectivity index (χ0v) is 79.9. The van der Waals surface area contributed by atoms with Gasteiger partial charge in [0, 0.05) is 81.8 Å². The number of benzene rings is 20. The Balaban J connectivity index is 0.000000155. The van der Waals surface area contributed by atoms with Gasteiger partial charge >= 0.3 is 0 Å². The molecule has 0 unspecified atom stereocenters. The van der Waals surface area contributed by atoms with Crippen molar-refractivity contribution in [2.75, 3.05) is 0 Å². The molecule has 0 bridgehead atoms. The number of hydrogen-bond acceptors (Lipinski definition) is 4. The largest absolute Gasteiger partial charge is 0.503 e. The Labute approximate surface area is 839 Å². The standard InChI is InChI=1S/C70H45N3O.C59H36N4O.2Pt/c1-5-20-49(21-6-1)55-40-56(50-22-7-2-8-23-50)43-59(42-55)64-33-19-34-65(60-44-57(51-24-9-3-10-25-51)41-58(45-60)52-26-11-4-12-27-52)70(64)73-48-72(68-36-15-16-37-69(68)73)61-30-18-32-63(47-61)74-62-31-17-29-54(46-62)67-39-38-53-28-13-14-35-66(53)71-67;1-8-28-51-39(16-1)34-35-52(60-51)40-17-13-19-42(36-40)64-43-20-14-18-41(37-43)61-38-62(56-32-12-11-31-55(56)61)59-50(58-48-25-4-2-21-44(48)45-22-3-5-26-49(45)58)27-15-33-57(59)63-53-29-9-6-23-46(53)47-24-7-10-30-54(47)63;;/h1-45H;1-35,58H;;/q2*-2;;. The van der Waals surface area contributed by atoms with Gasteiger partial charge in [0.2, 0.25) is 0 Å². The molecule has 5 heterocycles. The molecule has 25 aromatic rings. The third-order valence-corrected chi connectivity index (χ3v) is 26.3. The van der Waals surface area contributed by atoms with Crippen molar-refractivity contribution in [2.45, 2.75) is 5.92 Å². The average Bonchev–Trinajstić information content (AvgIpc) is 1.56. The van der Waals surface area contributed by atoms with Crippen molar-refractivity contribution in [3.63, 3.8) is 0 Å². The van der Waals surface area contributed by atoms with Crippen LogP contribution in [0.2, 0.25) is 0 Å². The molecule has 0 atom stereocenters. The Kier molecular flexibility index (Phi) is 23.6. The fourth-order valence-corrected chi connectivity index (χ4v) is 19.9. The molecule has 140 heavy (non-hydrogen) atoms. The predicted octanol–water partition coefficient (Wildman–Crippen LogP) is 30.9. The van der Waals surface area contributed by atoms with E-state index in [1.807, 2.05) is 109 Å². The van der Waals surface area contributed by atoms with Crippen LogP contribution < -0.4 is 18.6 Å². The third-order valence-electron chi connectivity index (χ3n) is 26.3. The zero-order valence-electron chi connectivity index (χ0n) is 75.3. The number of hydrogen-bond donors (Lipinski definition) is 0. The zero-order chi connectivity index (χ0) is 91.4. The van der Waals surface area contributed by atoms with Crippen LogP contribution in [0, 0.1) is 36.9 Å². The number of pyridine rings is 2. The van der Waals surface area contributed by atoms with Crippen LogP contribution in [0.1, 0.15) is 22.6 Å². The van der Waals surface area contributed by atoms with Gasteiger partial charge in [0.25, 0.3) is 12.7 Å². The van der Waals surface area contributed by atoms with Crippen molar-refractivity contribution in [3.05, 3.63) is 539 Å². The van der Waals surface area contributed by atoms with Crippen molar-refractivity contribution in [2.24, 2.45) is 0 Å². The van der Waals surface area contributed by atoms with Crippen molar-refractivity contribution in [3.8, 4) is 152 Å². The van der Waals surface area contributed by atoms with E-state index < -0.39 is 0 Å². The van der Waals surface area contributed by atoms with Crippen LogP contribution in [-0.2, 0) is 42.1 Å². The van der Waals surface area contributed by atoms with Crippen molar-refractivity contribution < 1.29 is 60.7 Å². The second-order valence-electron chi connectivity index (χ2n) is 34.6. The van der Waals surface area contributed by atoms with Gasteiger partial charge in [-0.15, -0.1) is 71.8 Å². The molecule has 5 aromatic heterocycles. The fourth-order valence-electron chi connectivity index (χ4n) is 19.9. The molecule has 0 N–H and O–H groups in total. The number of imidazole rings is 2. The van der Waals surface area contributed by atoms with Gasteiger partial charge in [-0.3, -0.25) is 19.1 Å². The van der Waals surface area contributed by atoms with E-state index in [2.05, 4.69) is 436 Å².